The summed E-state index contributed by atoms with van der Waals surface area (Å²) in [6.07, 6.45) is 0.968. The molecule has 2 heterocycles. The van der Waals surface area contributed by atoms with Crippen LogP contribution in [0.25, 0.3) is 10.2 Å². The highest BCUT2D eigenvalue weighted by molar-refractivity contribution is 9.10. The van der Waals surface area contributed by atoms with Gasteiger partial charge in [-0.2, -0.15) is 0 Å². The Balaban J connectivity index is 0.00000306. The molecule has 0 saturated carbocycles. The van der Waals surface area contributed by atoms with Gasteiger partial charge in [0.15, 0.2) is 5.13 Å². The van der Waals surface area contributed by atoms with Crippen LogP contribution in [0, 0.1) is 0 Å². The molecule has 0 bridgehead atoms. The van der Waals surface area contributed by atoms with E-state index in [4.69, 9.17) is 14.5 Å². The highest BCUT2D eigenvalue weighted by atomic mass is 79.9. The number of hydrogen-bond acceptors (Lipinski definition) is 6. The van der Waals surface area contributed by atoms with Gasteiger partial charge in [-0.05, 0) is 62.7 Å². The van der Waals surface area contributed by atoms with Gasteiger partial charge in [0.05, 0.1) is 29.5 Å². The molecule has 0 spiro atoms. The molecule has 9 heteroatoms. The van der Waals surface area contributed by atoms with E-state index in [1.807, 2.05) is 61.2 Å². The maximum absolute atomic E-state index is 13.5. The summed E-state index contributed by atoms with van der Waals surface area (Å²) in [5, 5.41) is 0.729. The van der Waals surface area contributed by atoms with Gasteiger partial charge in [0.1, 0.15) is 5.75 Å². The Morgan fingerprint density at radius 3 is 2.64 bits per heavy atom. The van der Waals surface area contributed by atoms with Gasteiger partial charge < -0.3 is 9.47 Å². The number of carbonyl (C=O) groups excluding carboxylic acids is 1. The number of halogens is 2. The van der Waals surface area contributed by atoms with E-state index in [-0.39, 0.29) is 24.4 Å². The first-order valence-electron chi connectivity index (χ1n) is 10.9. The Kier molecular flexibility index (Phi) is 9.52. The molecular weight excluding hydrogens is 526 g/mol. The Morgan fingerprint density at radius 2 is 1.94 bits per heavy atom. The topological polar surface area (TPSA) is 54.9 Å². The molecule has 1 aromatic heterocycles. The molecule has 33 heavy (non-hydrogen) atoms. The summed E-state index contributed by atoms with van der Waals surface area (Å²) in [7, 11) is 0. The molecule has 0 aliphatic carbocycles. The van der Waals surface area contributed by atoms with E-state index in [2.05, 4.69) is 20.8 Å². The Morgan fingerprint density at radius 1 is 1.21 bits per heavy atom. The molecule has 0 unspecified atom stereocenters. The highest BCUT2D eigenvalue weighted by Crippen LogP contribution is 2.32. The van der Waals surface area contributed by atoms with Gasteiger partial charge in [0.25, 0.3) is 5.91 Å². The van der Waals surface area contributed by atoms with Gasteiger partial charge in [-0.1, -0.05) is 27.3 Å². The molecule has 0 N–H and O–H groups in total. The number of fused-ring (bicyclic) bond motifs is 1. The number of anilines is 1. The quantitative estimate of drug-likeness (QED) is 0.361. The lowest BCUT2D eigenvalue weighted by Crippen LogP contribution is -2.39. The number of ether oxygens (including phenoxy) is 2. The van der Waals surface area contributed by atoms with Crippen molar-refractivity contribution in [3.63, 3.8) is 0 Å². The van der Waals surface area contributed by atoms with Crippen LogP contribution in [0.1, 0.15) is 30.6 Å². The van der Waals surface area contributed by atoms with Crippen LogP contribution in [0.4, 0.5) is 5.13 Å². The van der Waals surface area contributed by atoms with Crippen LogP contribution < -0.4 is 9.64 Å². The smallest absolute Gasteiger partial charge is 0.260 e. The number of nitrogens with zero attached hydrogens (tertiary/aromatic N) is 3. The largest absolute Gasteiger partial charge is 0.491 e. The normalized spacial score (nSPS) is 14.3. The van der Waals surface area contributed by atoms with Crippen molar-refractivity contribution in [1.29, 1.82) is 0 Å². The van der Waals surface area contributed by atoms with Crippen LogP contribution in [0.3, 0.4) is 0 Å². The maximum Gasteiger partial charge on any atom is 0.260 e. The monoisotopic (exact) mass is 553 g/mol. The molecule has 1 aliphatic rings. The molecule has 3 aromatic rings. The second-order valence-electron chi connectivity index (χ2n) is 8.06. The van der Waals surface area contributed by atoms with Crippen molar-refractivity contribution >= 4 is 60.9 Å². The van der Waals surface area contributed by atoms with E-state index in [0.717, 1.165) is 64.8 Å². The zero-order chi connectivity index (χ0) is 22.5. The van der Waals surface area contributed by atoms with Crippen molar-refractivity contribution in [3.8, 4) is 5.75 Å². The van der Waals surface area contributed by atoms with Gasteiger partial charge in [-0.25, -0.2) is 4.98 Å². The second-order valence-corrected chi connectivity index (χ2v) is 9.99. The van der Waals surface area contributed by atoms with Gasteiger partial charge in [-0.3, -0.25) is 14.6 Å². The molecule has 0 radical (unpaired) electrons. The van der Waals surface area contributed by atoms with Crippen molar-refractivity contribution in [2.24, 2.45) is 0 Å². The number of morpholine rings is 1. The van der Waals surface area contributed by atoms with E-state index in [0.29, 0.717) is 12.1 Å². The fourth-order valence-corrected chi connectivity index (χ4v) is 5.21. The van der Waals surface area contributed by atoms with Crippen LogP contribution in [0.2, 0.25) is 0 Å². The van der Waals surface area contributed by atoms with Gasteiger partial charge in [-0.15, -0.1) is 12.4 Å². The van der Waals surface area contributed by atoms with E-state index in [1.54, 1.807) is 11.3 Å². The minimum atomic E-state index is -0.0406. The van der Waals surface area contributed by atoms with Crippen LogP contribution in [0.15, 0.2) is 46.9 Å². The average Bonchev–Trinajstić information content (AvgIpc) is 3.20. The SMILES string of the molecule is CC(C)Oc1ccc(C(=O)N(CCCN2CCOCC2)c2nc3ccc(Br)cc3s2)cc1.Cl. The van der Waals surface area contributed by atoms with Crippen LogP contribution in [-0.4, -0.2) is 61.3 Å². The maximum atomic E-state index is 13.5. The summed E-state index contributed by atoms with van der Waals surface area (Å²) in [5.74, 6) is 0.724. The number of rotatable bonds is 8. The van der Waals surface area contributed by atoms with Crippen molar-refractivity contribution < 1.29 is 14.3 Å². The molecule has 1 fully saturated rings. The van der Waals surface area contributed by atoms with Crippen LogP contribution in [0.5, 0.6) is 5.75 Å². The average molecular weight is 555 g/mol. The third kappa shape index (κ3) is 6.90. The molecule has 6 nitrogen and oxygen atoms in total. The zero-order valence-electron chi connectivity index (χ0n) is 18.8. The number of amides is 1. The number of aromatic nitrogens is 1. The molecule has 0 atom stereocenters. The molecule has 1 aliphatic heterocycles. The van der Waals surface area contributed by atoms with Crippen LogP contribution >= 0.6 is 39.7 Å². The number of hydrogen-bond donors (Lipinski definition) is 0. The summed E-state index contributed by atoms with van der Waals surface area (Å²) in [5.41, 5.74) is 1.53. The molecule has 1 amide bonds. The van der Waals surface area contributed by atoms with E-state index in [1.165, 1.54) is 0 Å². The van der Waals surface area contributed by atoms with Crippen molar-refractivity contribution in [2.75, 3.05) is 44.3 Å². The lowest BCUT2D eigenvalue weighted by molar-refractivity contribution is 0.0376. The van der Waals surface area contributed by atoms with Crippen molar-refractivity contribution in [1.82, 2.24) is 9.88 Å². The second kappa shape index (κ2) is 12.1. The summed E-state index contributed by atoms with van der Waals surface area (Å²) in [6.45, 7) is 8.97. The molecule has 1 saturated heterocycles. The van der Waals surface area contributed by atoms with E-state index >= 15 is 0 Å². The lowest BCUT2D eigenvalue weighted by atomic mass is 10.2. The summed E-state index contributed by atoms with van der Waals surface area (Å²) >= 11 is 5.07. The van der Waals surface area contributed by atoms with E-state index in [9.17, 15) is 4.79 Å². The highest BCUT2D eigenvalue weighted by Gasteiger charge is 2.22. The van der Waals surface area contributed by atoms with Gasteiger partial charge in [0.2, 0.25) is 0 Å². The summed E-state index contributed by atoms with van der Waals surface area (Å²) in [6, 6.07) is 13.4. The fourth-order valence-electron chi connectivity index (χ4n) is 3.67. The predicted octanol–water partition coefficient (Wildman–Crippen LogP) is 5.64. The standard InChI is InChI=1S/C24H28BrN3O3S.ClH/c1-17(2)31-20-7-4-18(5-8-20)23(29)28(11-3-10-27-12-14-30-15-13-27)24-26-21-9-6-19(25)16-22(21)32-24;/h4-9,16-17H,3,10-15H2,1-2H3;1H. The third-order valence-corrected chi connectivity index (χ3v) is 6.78. The van der Waals surface area contributed by atoms with Gasteiger partial charge >= 0.3 is 0 Å². The van der Waals surface area contributed by atoms with Crippen molar-refractivity contribution in [2.45, 2.75) is 26.4 Å². The molecule has 178 valence electrons. The van der Waals surface area contributed by atoms with Crippen molar-refractivity contribution in [3.05, 3.63) is 52.5 Å². The Bertz CT molecular complexity index is 1050. The summed E-state index contributed by atoms with van der Waals surface area (Å²) in [4.78, 5) is 22.5. The number of thiazole rings is 1. The van der Waals surface area contributed by atoms with E-state index < -0.39 is 0 Å². The minimum Gasteiger partial charge on any atom is -0.491 e. The Hall–Kier alpha value is -1.71. The first-order chi connectivity index (χ1) is 15.5. The molecular formula is C24H29BrClN3O3S. The lowest BCUT2D eigenvalue weighted by Gasteiger charge is -2.27. The molecule has 4 rings (SSSR count). The van der Waals surface area contributed by atoms with Crippen LogP contribution in [-0.2, 0) is 4.74 Å². The number of benzene rings is 2. The minimum absolute atomic E-state index is 0. The first kappa shape index (κ1) is 25.9. The third-order valence-electron chi connectivity index (χ3n) is 5.25. The zero-order valence-corrected chi connectivity index (χ0v) is 22.0. The predicted molar refractivity (Wildman–Crippen MR) is 140 cm³/mol. The van der Waals surface area contributed by atoms with Gasteiger partial charge in [0, 0.05) is 36.2 Å². The molecule has 2 aromatic carbocycles. The summed E-state index contributed by atoms with van der Waals surface area (Å²) < 4.78 is 13.2. The first-order valence-corrected chi connectivity index (χ1v) is 12.6. The fraction of sp³-hybridized carbons (Fsp3) is 0.417. The Labute approximate surface area is 213 Å². The number of carbonyl (C=O) groups is 1.